The van der Waals surface area contributed by atoms with Crippen LogP contribution in [0.5, 0.6) is 0 Å². The first-order chi connectivity index (χ1) is 16.6. The van der Waals surface area contributed by atoms with Crippen LogP contribution < -0.4 is 0 Å². The molecule has 0 atom stereocenters. The highest BCUT2D eigenvalue weighted by Crippen LogP contribution is 2.36. The molecule has 5 aromatic rings. The lowest BCUT2D eigenvalue weighted by molar-refractivity contribution is -0.383. The van der Waals surface area contributed by atoms with E-state index in [1.165, 1.54) is 17.8 Å². The predicted molar refractivity (Wildman–Crippen MR) is 133 cm³/mol. The molecule has 0 aliphatic heterocycles. The van der Waals surface area contributed by atoms with Crippen molar-refractivity contribution in [3.63, 3.8) is 0 Å². The Morgan fingerprint density at radius 3 is 2.18 bits per heavy atom. The summed E-state index contributed by atoms with van der Waals surface area (Å²) in [5, 5.41) is 12.8. The van der Waals surface area contributed by atoms with Gasteiger partial charge in [-0.3, -0.25) is 14.9 Å². The molecule has 166 valence electrons. The molecule has 0 saturated carbocycles. The summed E-state index contributed by atoms with van der Waals surface area (Å²) in [6.45, 7) is 0. The molecule has 0 saturated heterocycles. The van der Waals surface area contributed by atoms with Gasteiger partial charge in [-0.1, -0.05) is 96.7 Å². The van der Waals surface area contributed by atoms with Crippen molar-refractivity contribution in [2.24, 2.45) is 0 Å². The average Bonchev–Trinajstić information content (AvgIpc) is 3.32. The van der Waals surface area contributed by atoms with Crippen molar-refractivity contribution < 1.29 is 14.1 Å². The van der Waals surface area contributed by atoms with Crippen LogP contribution in [-0.2, 0) is 0 Å². The molecule has 1 aromatic heterocycles. The van der Waals surface area contributed by atoms with Crippen LogP contribution in [0.1, 0.15) is 10.4 Å². The fraction of sp³-hybridized carbons (Fsp3) is 0.0370. The van der Waals surface area contributed by atoms with Gasteiger partial charge in [0, 0.05) is 22.8 Å². The molecule has 0 spiro atoms. The molecule has 0 fully saturated rings. The Labute approximate surface area is 199 Å². The minimum Gasteiger partial charge on any atom is -0.431 e. The number of Topliss-reactive ketones (excluding diaryl/α,β-unsaturated/α-hetero) is 1. The number of oxazole rings is 1. The number of rotatable bonds is 7. The van der Waals surface area contributed by atoms with Crippen LogP contribution in [0.15, 0.2) is 107 Å². The Morgan fingerprint density at radius 1 is 0.824 bits per heavy atom. The first kappa shape index (κ1) is 21.6. The molecule has 34 heavy (non-hydrogen) atoms. The third-order valence-electron chi connectivity index (χ3n) is 5.41. The number of fused-ring (bicyclic) bond motifs is 1. The first-order valence-electron chi connectivity index (χ1n) is 10.6. The van der Waals surface area contributed by atoms with Gasteiger partial charge >= 0.3 is 0 Å². The van der Waals surface area contributed by atoms with Crippen molar-refractivity contribution in [2.45, 2.75) is 5.22 Å². The number of nitro groups is 1. The smallest absolute Gasteiger partial charge is 0.277 e. The monoisotopic (exact) mass is 466 g/mol. The van der Waals surface area contributed by atoms with E-state index in [1.54, 1.807) is 30.3 Å². The van der Waals surface area contributed by atoms with Gasteiger partial charge in [-0.25, -0.2) is 4.98 Å². The van der Waals surface area contributed by atoms with Gasteiger partial charge in [0.05, 0.1) is 16.1 Å². The maximum Gasteiger partial charge on any atom is 0.277 e. The molecule has 4 aromatic carbocycles. The van der Waals surface area contributed by atoms with E-state index < -0.39 is 4.92 Å². The van der Waals surface area contributed by atoms with E-state index in [0.717, 1.165) is 11.1 Å². The summed E-state index contributed by atoms with van der Waals surface area (Å²) in [6, 6.07) is 29.2. The van der Waals surface area contributed by atoms with E-state index >= 15 is 0 Å². The lowest BCUT2D eigenvalue weighted by Gasteiger charge is -2.05. The highest BCUT2D eigenvalue weighted by atomic mass is 32.2. The zero-order chi connectivity index (χ0) is 23.5. The summed E-state index contributed by atoms with van der Waals surface area (Å²) in [6.07, 6.45) is 0. The Morgan fingerprint density at radius 2 is 1.47 bits per heavy atom. The van der Waals surface area contributed by atoms with Crippen molar-refractivity contribution in [3.8, 4) is 22.6 Å². The lowest BCUT2D eigenvalue weighted by Crippen LogP contribution is -2.03. The predicted octanol–water partition coefficient (Wildman–Crippen LogP) is 7.05. The van der Waals surface area contributed by atoms with Gasteiger partial charge in [-0.05, 0) is 11.5 Å². The largest absolute Gasteiger partial charge is 0.431 e. The Balaban J connectivity index is 1.45. The second-order valence-corrected chi connectivity index (χ2v) is 8.46. The molecule has 0 N–H and O–H groups in total. The van der Waals surface area contributed by atoms with E-state index in [2.05, 4.69) is 4.98 Å². The number of nitrogens with zero attached hydrogens (tertiary/aromatic N) is 2. The molecule has 5 rings (SSSR count). The summed E-state index contributed by atoms with van der Waals surface area (Å²) < 4.78 is 6.09. The van der Waals surface area contributed by atoms with E-state index in [0.29, 0.717) is 33.0 Å². The van der Waals surface area contributed by atoms with Crippen molar-refractivity contribution in [1.82, 2.24) is 4.98 Å². The third kappa shape index (κ3) is 4.21. The van der Waals surface area contributed by atoms with E-state index in [9.17, 15) is 14.9 Å². The highest BCUT2D eigenvalue weighted by molar-refractivity contribution is 7.99. The summed E-state index contributed by atoms with van der Waals surface area (Å²) in [5.74, 6) is 0.574. The molecular weight excluding hydrogens is 448 g/mol. The topological polar surface area (TPSA) is 86.2 Å². The van der Waals surface area contributed by atoms with Gasteiger partial charge in [0.1, 0.15) is 5.69 Å². The van der Waals surface area contributed by atoms with Crippen molar-refractivity contribution in [3.05, 3.63) is 113 Å². The van der Waals surface area contributed by atoms with Crippen LogP contribution in [0.4, 0.5) is 5.69 Å². The van der Waals surface area contributed by atoms with Gasteiger partial charge < -0.3 is 4.42 Å². The third-order valence-corrected chi connectivity index (χ3v) is 6.24. The Bertz CT molecular complexity index is 1440. The minimum atomic E-state index is -0.436. The SMILES string of the molecule is O=C(CSc1nc(-c2ccccc2)c(-c2ccccc2)o1)c1cccc2c([N+](=O)[O-])cccc12. The second-order valence-electron chi connectivity index (χ2n) is 7.54. The molecule has 0 bridgehead atoms. The fourth-order valence-electron chi connectivity index (χ4n) is 3.84. The zero-order valence-corrected chi connectivity index (χ0v) is 18.7. The van der Waals surface area contributed by atoms with Crippen LogP contribution in [0, 0.1) is 10.1 Å². The Kier molecular flexibility index (Phi) is 5.93. The summed E-state index contributed by atoms with van der Waals surface area (Å²) >= 11 is 1.21. The summed E-state index contributed by atoms with van der Waals surface area (Å²) in [5.41, 5.74) is 2.94. The van der Waals surface area contributed by atoms with Crippen molar-refractivity contribution >= 4 is 34.0 Å². The number of nitro benzene ring substituents is 1. The van der Waals surface area contributed by atoms with Crippen molar-refractivity contribution in [1.29, 1.82) is 0 Å². The highest BCUT2D eigenvalue weighted by Gasteiger charge is 2.20. The molecule has 0 unspecified atom stereocenters. The van der Waals surface area contributed by atoms with Crippen LogP contribution in [0.25, 0.3) is 33.4 Å². The molecule has 0 radical (unpaired) electrons. The fourth-order valence-corrected chi connectivity index (χ4v) is 4.55. The molecule has 0 aliphatic rings. The maximum atomic E-state index is 13.1. The lowest BCUT2D eigenvalue weighted by atomic mass is 10.0. The number of aromatic nitrogens is 1. The van der Waals surface area contributed by atoms with Gasteiger partial charge in [0.15, 0.2) is 11.5 Å². The number of ketones is 1. The molecule has 1 heterocycles. The number of benzene rings is 4. The number of thioether (sulfide) groups is 1. The molecule has 6 nitrogen and oxygen atoms in total. The van der Waals surface area contributed by atoms with Crippen LogP contribution in [0.2, 0.25) is 0 Å². The number of carbonyl (C=O) groups is 1. The number of hydrogen-bond donors (Lipinski definition) is 0. The van der Waals surface area contributed by atoms with Crippen LogP contribution in [-0.4, -0.2) is 21.4 Å². The van der Waals surface area contributed by atoms with Gasteiger partial charge in [-0.2, -0.15) is 0 Å². The minimum absolute atomic E-state index is 0.0208. The second kappa shape index (κ2) is 9.33. The molecule has 0 aliphatic carbocycles. The van der Waals surface area contributed by atoms with Gasteiger partial charge in [-0.15, -0.1) is 0 Å². The standard InChI is InChI=1S/C27H18N2O4S/c30-24(22-15-7-14-21-20(22)13-8-16-23(21)29(31)32)17-34-27-28-25(18-9-3-1-4-10-18)26(33-27)19-11-5-2-6-12-19/h1-16H,17H2. The molecule has 0 amide bonds. The van der Waals surface area contributed by atoms with Gasteiger partial charge in [0.2, 0.25) is 0 Å². The molecule has 7 heteroatoms. The Hall–Kier alpha value is -4.23. The summed E-state index contributed by atoms with van der Waals surface area (Å²) in [4.78, 5) is 28.7. The van der Waals surface area contributed by atoms with E-state index in [-0.39, 0.29) is 17.2 Å². The summed E-state index contributed by atoms with van der Waals surface area (Å²) in [7, 11) is 0. The quantitative estimate of drug-likeness (QED) is 0.111. The normalized spacial score (nSPS) is 10.9. The maximum absolute atomic E-state index is 13.1. The number of non-ortho nitro benzene ring substituents is 1. The van der Waals surface area contributed by atoms with Crippen molar-refractivity contribution in [2.75, 3.05) is 5.75 Å². The van der Waals surface area contributed by atoms with Crippen LogP contribution >= 0.6 is 11.8 Å². The average molecular weight is 467 g/mol. The number of hydrogen-bond acceptors (Lipinski definition) is 6. The van der Waals surface area contributed by atoms with Gasteiger partial charge in [0.25, 0.3) is 10.9 Å². The van der Waals surface area contributed by atoms with E-state index in [1.807, 2.05) is 60.7 Å². The zero-order valence-electron chi connectivity index (χ0n) is 17.9. The van der Waals surface area contributed by atoms with Crippen LogP contribution in [0.3, 0.4) is 0 Å². The number of carbonyl (C=O) groups excluding carboxylic acids is 1. The van der Waals surface area contributed by atoms with E-state index in [4.69, 9.17) is 4.42 Å². The molecular formula is C27H18N2O4S. The first-order valence-corrected chi connectivity index (χ1v) is 11.5.